The number of amides is 1. The second-order valence-corrected chi connectivity index (χ2v) is 8.70. The Morgan fingerprint density at radius 2 is 1.81 bits per heavy atom. The molecule has 1 fully saturated rings. The highest BCUT2D eigenvalue weighted by atomic mass is 32.2. The average molecular weight is 454 g/mol. The van der Waals surface area contributed by atoms with Crippen molar-refractivity contribution < 1.29 is 31.1 Å². The smallest absolute Gasteiger partial charge is 0.379 e. The van der Waals surface area contributed by atoms with E-state index < -0.39 is 27.7 Å². The quantitative estimate of drug-likeness (QED) is 0.681. The van der Waals surface area contributed by atoms with E-state index in [2.05, 4.69) is 5.32 Å². The van der Waals surface area contributed by atoms with Crippen molar-refractivity contribution in [2.24, 2.45) is 0 Å². The zero-order valence-corrected chi connectivity index (χ0v) is 17.2. The number of hydrogen-bond acceptors (Lipinski definition) is 4. The van der Waals surface area contributed by atoms with Crippen molar-refractivity contribution in [3.8, 4) is 0 Å². The zero-order valence-electron chi connectivity index (χ0n) is 16.4. The van der Waals surface area contributed by atoms with Crippen LogP contribution < -0.4 is 5.32 Å². The van der Waals surface area contributed by atoms with Crippen molar-refractivity contribution in [1.82, 2.24) is 9.62 Å². The Balaban J connectivity index is 1.68. The molecule has 0 saturated carbocycles. The molecule has 0 radical (unpaired) electrons. The Morgan fingerprint density at radius 3 is 2.52 bits per heavy atom. The minimum atomic E-state index is -4.47. The monoisotopic (exact) mass is 454 g/mol. The summed E-state index contributed by atoms with van der Waals surface area (Å²) >= 11 is 0. The van der Waals surface area contributed by atoms with E-state index in [1.807, 2.05) is 0 Å². The molecule has 2 aromatic carbocycles. The first-order valence-corrected chi connectivity index (χ1v) is 10.9. The molecule has 31 heavy (non-hydrogen) atoms. The molecule has 0 atom stereocenters. The normalized spacial score (nSPS) is 15.8. The first kappa shape index (κ1) is 23.0. The molecule has 0 aliphatic carbocycles. The standard InChI is InChI=1S/C21H21F3N2O4S/c22-21(23,24)18-6-3-4-16(14-18)8-9-20(27)25-15-17-5-1-2-7-19(17)31(28,29)26-10-12-30-13-11-26/h1-9,14H,10-13,15H2,(H,25,27). The number of alkyl halides is 3. The van der Waals surface area contributed by atoms with Gasteiger partial charge in [0.15, 0.2) is 0 Å². The highest BCUT2D eigenvalue weighted by Gasteiger charge is 2.30. The number of morpholine rings is 1. The van der Waals surface area contributed by atoms with Crippen molar-refractivity contribution in [3.63, 3.8) is 0 Å². The number of sulfonamides is 1. The molecule has 10 heteroatoms. The molecule has 166 valence electrons. The van der Waals surface area contributed by atoms with Crippen LogP contribution in [0.2, 0.25) is 0 Å². The van der Waals surface area contributed by atoms with Gasteiger partial charge >= 0.3 is 6.18 Å². The van der Waals surface area contributed by atoms with Crippen LogP contribution in [0.3, 0.4) is 0 Å². The lowest BCUT2D eigenvalue weighted by Gasteiger charge is -2.27. The summed E-state index contributed by atoms with van der Waals surface area (Å²) in [5, 5.41) is 2.57. The molecular formula is C21H21F3N2O4S. The number of carbonyl (C=O) groups is 1. The van der Waals surface area contributed by atoms with Crippen LogP contribution in [0.25, 0.3) is 6.08 Å². The number of hydrogen-bond donors (Lipinski definition) is 1. The molecule has 0 bridgehead atoms. The minimum Gasteiger partial charge on any atom is -0.379 e. The molecule has 1 N–H and O–H groups in total. The SMILES string of the molecule is O=C(C=Cc1cccc(C(F)(F)F)c1)NCc1ccccc1S(=O)(=O)N1CCOCC1. The van der Waals surface area contributed by atoms with Crippen molar-refractivity contribution in [2.75, 3.05) is 26.3 Å². The van der Waals surface area contributed by atoms with E-state index in [1.54, 1.807) is 18.2 Å². The lowest BCUT2D eigenvalue weighted by atomic mass is 10.1. The van der Waals surface area contributed by atoms with Gasteiger partial charge in [0.05, 0.1) is 23.7 Å². The molecule has 1 aliphatic heterocycles. The number of nitrogens with one attached hydrogen (secondary N) is 1. The molecule has 2 aromatic rings. The fraction of sp³-hybridized carbons (Fsp3) is 0.286. The molecule has 1 saturated heterocycles. The molecule has 0 aromatic heterocycles. The van der Waals surface area contributed by atoms with E-state index in [4.69, 9.17) is 4.74 Å². The third kappa shape index (κ3) is 5.93. The first-order valence-electron chi connectivity index (χ1n) is 9.47. The van der Waals surface area contributed by atoms with Gasteiger partial charge in [-0.1, -0.05) is 30.3 Å². The predicted octanol–water partition coefficient (Wildman–Crippen LogP) is 3.06. The van der Waals surface area contributed by atoms with Crippen LogP contribution in [0.15, 0.2) is 59.5 Å². The predicted molar refractivity (Wildman–Crippen MR) is 108 cm³/mol. The largest absolute Gasteiger partial charge is 0.416 e. The Morgan fingerprint density at radius 1 is 1.10 bits per heavy atom. The molecule has 1 amide bonds. The van der Waals surface area contributed by atoms with Gasteiger partial charge in [0.1, 0.15) is 0 Å². The summed E-state index contributed by atoms with van der Waals surface area (Å²) in [5.41, 5.74) is -0.174. The summed E-state index contributed by atoms with van der Waals surface area (Å²) in [6.45, 7) is 1.09. The van der Waals surface area contributed by atoms with E-state index >= 15 is 0 Å². The fourth-order valence-corrected chi connectivity index (χ4v) is 4.69. The van der Waals surface area contributed by atoms with Crippen LogP contribution in [0.1, 0.15) is 16.7 Å². The molecule has 3 rings (SSSR count). The van der Waals surface area contributed by atoms with E-state index in [0.29, 0.717) is 18.8 Å². The van der Waals surface area contributed by atoms with Crippen molar-refractivity contribution in [1.29, 1.82) is 0 Å². The minimum absolute atomic E-state index is 0.0501. The summed E-state index contributed by atoms with van der Waals surface area (Å²) in [5.74, 6) is -0.559. The van der Waals surface area contributed by atoms with Gasteiger partial charge in [-0.2, -0.15) is 17.5 Å². The highest BCUT2D eigenvalue weighted by Crippen LogP contribution is 2.29. The van der Waals surface area contributed by atoms with Gasteiger partial charge in [0, 0.05) is 25.7 Å². The average Bonchev–Trinajstić information content (AvgIpc) is 2.76. The number of nitrogens with zero attached hydrogens (tertiary/aromatic N) is 1. The molecule has 0 spiro atoms. The van der Waals surface area contributed by atoms with Crippen LogP contribution in [-0.4, -0.2) is 44.9 Å². The third-order valence-electron chi connectivity index (χ3n) is 4.65. The van der Waals surface area contributed by atoms with Gasteiger partial charge < -0.3 is 10.1 Å². The molecule has 6 nitrogen and oxygen atoms in total. The van der Waals surface area contributed by atoms with Crippen LogP contribution in [-0.2, 0) is 32.3 Å². The number of benzene rings is 2. The van der Waals surface area contributed by atoms with Gasteiger partial charge in [0.2, 0.25) is 15.9 Å². The zero-order chi connectivity index (χ0) is 22.5. The lowest BCUT2D eigenvalue weighted by Crippen LogP contribution is -2.41. The maximum absolute atomic E-state index is 12.9. The maximum atomic E-state index is 12.9. The van der Waals surface area contributed by atoms with E-state index in [9.17, 15) is 26.4 Å². The topological polar surface area (TPSA) is 75.7 Å². The Bertz CT molecular complexity index is 1060. The Kier molecular flexibility index (Phi) is 7.14. The van der Waals surface area contributed by atoms with E-state index in [1.165, 1.54) is 28.6 Å². The summed E-state index contributed by atoms with van der Waals surface area (Å²) in [6, 6.07) is 10.9. The van der Waals surface area contributed by atoms with Gasteiger partial charge in [0.25, 0.3) is 0 Å². The van der Waals surface area contributed by atoms with E-state index in [0.717, 1.165) is 18.2 Å². The van der Waals surface area contributed by atoms with Crippen molar-refractivity contribution in [2.45, 2.75) is 17.6 Å². The van der Waals surface area contributed by atoms with Gasteiger partial charge in [-0.15, -0.1) is 0 Å². The number of ether oxygens (including phenoxy) is 1. The summed E-state index contributed by atoms with van der Waals surface area (Å²) in [4.78, 5) is 12.2. The summed E-state index contributed by atoms with van der Waals surface area (Å²) in [7, 11) is -3.74. The molecule has 1 aliphatic rings. The summed E-state index contributed by atoms with van der Waals surface area (Å²) < 4.78 is 70.7. The summed E-state index contributed by atoms with van der Waals surface area (Å²) in [6.07, 6.45) is -2.10. The molecule has 1 heterocycles. The highest BCUT2D eigenvalue weighted by molar-refractivity contribution is 7.89. The first-order chi connectivity index (χ1) is 14.7. The number of carbonyl (C=O) groups excluding carboxylic acids is 1. The fourth-order valence-electron chi connectivity index (χ4n) is 3.06. The van der Waals surface area contributed by atoms with Crippen molar-refractivity contribution >= 4 is 22.0 Å². The van der Waals surface area contributed by atoms with Gasteiger partial charge in [-0.05, 0) is 35.4 Å². The van der Waals surface area contributed by atoms with Crippen molar-refractivity contribution in [3.05, 3.63) is 71.3 Å². The van der Waals surface area contributed by atoms with Gasteiger partial charge in [-0.25, -0.2) is 8.42 Å². The van der Waals surface area contributed by atoms with Crippen LogP contribution in [0.4, 0.5) is 13.2 Å². The second-order valence-electron chi connectivity index (χ2n) is 6.80. The Hall–Kier alpha value is -2.69. The number of halogens is 3. The lowest BCUT2D eigenvalue weighted by molar-refractivity contribution is -0.137. The van der Waals surface area contributed by atoms with Crippen LogP contribution >= 0.6 is 0 Å². The molecular weight excluding hydrogens is 433 g/mol. The van der Waals surface area contributed by atoms with Crippen LogP contribution in [0.5, 0.6) is 0 Å². The Labute approximate surface area is 178 Å². The van der Waals surface area contributed by atoms with Crippen LogP contribution in [0, 0.1) is 0 Å². The number of rotatable bonds is 6. The molecule has 0 unspecified atom stereocenters. The second kappa shape index (κ2) is 9.63. The van der Waals surface area contributed by atoms with E-state index in [-0.39, 0.29) is 30.1 Å². The maximum Gasteiger partial charge on any atom is 0.416 e. The third-order valence-corrected chi connectivity index (χ3v) is 6.65. The van der Waals surface area contributed by atoms with Gasteiger partial charge in [-0.3, -0.25) is 4.79 Å².